The maximum Gasteiger partial charge on any atom is 0.344 e. The summed E-state index contributed by atoms with van der Waals surface area (Å²) in [5.74, 6) is 0.0616. The second-order valence-electron chi connectivity index (χ2n) is 7.47. The van der Waals surface area contributed by atoms with Crippen LogP contribution in [0.3, 0.4) is 0 Å². The minimum absolute atomic E-state index is 0.400. The van der Waals surface area contributed by atoms with Crippen LogP contribution in [0.1, 0.15) is 22.3 Å². The van der Waals surface area contributed by atoms with Crippen molar-refractivity contribution in [3.63, 3.8) is 0 Å². The van der Waals surface area contributed by atoms with E-state index in [4.69, 9.17) is 9.47 Å². The average molecular weight is 394 g/mol. The number of carbonyl (C=O) groups is 2. The van der Waals surface area contributed by atoms with Gasteiger partial charge in [-0.05, 0) is 48.7 Å². The first-order valence-electron chi connectivity index (χ1n) is 9.69. The van der Waals surface area contributed by atoms with Crippen molar-refractivity contribution in [1.82, 2.24) is 0 Å². The van der Waals surface area contributed by atoms with Gasteiger partial charge in [-0.2, -0.15) is 0 Å². The Morgan fingerprint density at radius 2 is 1.47 bits per heavy atom. The van der Waals surface area contributed by atoms with Crippen molar-refractivity contribution in [2.75, 3.05) is 0 Å². The van der Waals surface area contributed by atoms with Crippen molar-refractivity contribution in [2.45, 2.75) is 13.8 Å². The number of ether oxygens (including phenoxy) is 2. The highest BCUT2D eigenvalue weighted by Gasteiger charge is 2.29. The van der Waals surface area contributed by atoms with Crippen molar-refractivity contribution in [3.8, 4) is 11.5 Å². The summed E-state index contributed by atoms with van der Waals surface area (Å²) >= 11 is 0. The SMILES string of the molecule is Cc1cccc(C2=c3cc4c(cc3OC2=O)=C(C=Cc2ccccc2C)C(=O)O4)c1. The van der Waals surface area contributed by atoms with Crippen LogP contribution >= 0.6 is 0 Å². The van der Waals surface area contributed by atoms with Crippen LogP contribution in [0.4, 0.5) is 0 Å². The fourth-order valence-corrected chi connectivity index (χ4v) is 3.84. The Labute approximate surface area is 173 Å². The molecule has 0 atom stereocenters. The van der Waals surface area contributed by atoms with E-state index in [1.807, 2.05) is 68.5 Å². The second-order valence-corrected chi connectivity index (χ2v) is 7.47. The Morgan fingerprint density at radius 3 is 2.27 bits per heavy atom. The molecule has 2 heterocycles. The van der Waals surface area contributed by atoms with Gasteiger partial charge in [-0.25, -0.2) is 9.59 Å². The molecule has 2 aliphatic heterocycles. The smallest absolute Gasteiger partial charge is 0.344 e. The number of aryl methyl sites for hydroxylation is 2. The Morgan fingerprint density at radius 1 is 0.733 bits per heavy atom. The first kappa shape index (κ1) is 18.1. The van der Waals surface area contributed by atoms with E-state index >= 15 is 0 Å². The van der Waals surface area contributed by atoms with Gasteiger partial charge in [-0.3, -0.25) is 0 Å². The number of benzene rings is 3. The zero-order chi connectivity index (χ0) is 20.8. The van der Waals surface area contributed by atoms with Crippen molar-refractivity contribution < 1.29 is 19.1 Å². The van der Waals surface area contributed by atoms with E-state index in [0.717, 1.165) is 22.3 Å². The van der Waals surface area contributed by atoms with Crippen LogP contribution in [0.2, 0.25) is 0 Å². The molecule has 0 aliphatic carbocycles. The molecule has 0 radical (unpaired) electrons. The van der Waals surface area contributed by atoms with Gasteiger partial charge in [-0.1, -0.05) is 60.2 Å². The third-order valence-electron chi connectivity index (χ3n) is 5.40. The van der Waals surface area contributed by atoms with Crippen LogP contribution in [0.25, 0.3) is 17.2 Å². The molecule has 0 saturated carbocycles. The molecule has 0 saturated heterocycles. The van der Waals surface area contributed by atoms with Gasteiger partial charge >= 0.3 is 11.9 Å². The van der Waals surface area contributed by atoms with Crippen LogP contribution in [-0.4, -0.2) is 11.9 Å². The fraction of sp³-hybridized carbons (Fsp3) is 0.0769. The molecule has 0 spiro atoms. The topological polar surface area (TPSA) is 52.6 Å². The number of esters is 2. The standard InChI is InChI=1S/C26H18O4/c1-15-6-5-9-18(12-15)24-21-14-22-20(13-23(21)30-26(24)28)19(25(27)29-22)11-10-17-8-4-3-7-16(17)2/h3-14H,1-2H3. The van der Waals surface area contributed by atoms with E-state index in [2.05, 4.69) is 0 Å². The van der Waals surface area contributed by atoms with Crippen LogP contribution in [-0.2, 0) is 9.59 Å². The predicted octanol–water partition coefficient (Wildman–Crippen LogP) is 3.20. The highest BCUT2D eigenvalue weighted by molar-refractivity contribution is 6.20. The van der Waals surface area contributed by atoms with E-state index in [1.54, 1.807) is 18.2 Å². The number of hydrogen-bond donors (Lipinski definition) is 0. The highest BCUT2D eigenvalue weighted by atomic mass is 16.5. The molecule has 0 unspecified atom stereocenters. The Kier molecular flexibility index (Phi) is 4.14. The van der Waals surface area contributed by atoms with Gasteiger partial charge in [0, 0.05) is 10.4 Å². The van der Waals surface area contributed by atoms with Crippen LogP contribution < -0.4 is 19.9 Å². The van der Waals surface area contributed by atoms with E-state index in [-0.39, 0.29) is 0 Å². The molecular formula is C26H18O4. The number of fused-ring (bicyclic) bond motifs is 2. The molecule has 3 aromatic carbocycles. The lowest BCUT2D eigenvalue weighted by atomic mass is 10.0. The molecule has 2 aliphatic rings. The third-order valence-corrected chi connectivity index (χ3v) is 5.40. The number of hydrogen-bond acceptors (Lipinski definition) is 4. The van der Waals surface area contributed by atoms with Crippen LogP contribution in [0.15, 0.2) is 66.7 Å². The first-order chi connectivity index (χ1) is 14.5. The molecule has 0 aromatic heterocycles. The van der Waals surface area contributed by atoms with Gasteiger partial charge in [0.25, 0.3) is 0 Å². The summed E-state index contributed by atoms with van der Waals surface area (Å²) in [6.45, 7) is 3.98. The summed E-state index contributed by atoms with van der Waals surface area (Å²) in [6.07, 6.45) is 3.65. The summed E-state index contributed by atoms with van der Waals surface area (Å²) in [5.41, 5.74) is 4.89. The van der Waals surface area contributed by atoms with Gasteiger partial charge in [0.15, 0.2) is 0 Å². The maximum absolute atomic E-state index is 12.6. The first-order valence-corrected chi connectivity index (χ1v) is 9.69. The molecule has 5 rings (SSSR count). The van der Waals surface area contributed by atoms with Gasteiger partial charge in [0.05, 0.1) is 11.1 Å². The summed E-state index contributed by atoms with van der Waals surface area (Å²) in [5, 5.41) is 1.27. The molecule has 0 fully saturated rings. The monoisotopic (exact) mass is 394 g/mol. The van der Waals surface area contributed by atoms with Crippen molar-refractivity contribution in [1.29, 1.82) is 0 Å². The average Bonchev–Trinajstić information content (AvgIpc) is 3.19. The lowest BCUT2D eigenvalue weighted by molar-refractivity contribution is -0.128. The van der Waals surface area contributed by atoms with E-state index < -0.39 is 11.9 Å². The molecule has 4 nitrogen and oxygen atoms in total. The maximum atomic E-state index is 12.6. The molecule has 0 amide bonds. The molecule has 4 heteroatoms. The van der Waals surface area contributed by atoms with Crippen molar-refractivity contribution >= 4 is 29.2 Å². The lowest BCUT2D eigenvalue weighted by Crippen LogP contribution is -2.10. The van der Waals surface area contributed by atoms with E-state index in [0.29, 0.717) is 33.1 Å². The van der Waals surface area contributed by atoms with Crippen molar-refractivity contribution in [2.24, 2.45) is 0 Å². The van der Waals surface area contributed by atoms with Crippen LogP contribution in [0.5, 0.6) is 11.5 Å². The normalized spacial score (nSPS) is 14.7. The van der Waals surface area contributed by atoms with Gasteiger partial charge in [0.2, 0.25) is 0 Å². The number of rotatable bonds is 3. The summed E-state index contributed by atoms with van der Waals surface area (Å²) in [4.78, 5) is 25.1. The van der Waals surface area contributed by atoms with Gasteiger partial charge in [-0.15, -0.1) is 0 Å². The zero-order valence-electron chi connectivity index (χ0n) is 16.6. The highest BCUT2D eigenvalue weighted by Crippen LogP contribution is 2.26. The van der Waals surface area contributed by atoms with E-state index in [9.17, 15) is 9.59 Å². The predicted molar refractivity (Wildman–Crippen MR) is 114 cm³/mol. The Bertz CT molecular complexity index is 1390. The lowest BCUT2D eigenvalue weighted by Gasteiger charge is -2.01. The molecule has 3 aromatic rings. The minimum Gasteiger partial charge on any atom is -0.422 e. The quantitative estimate of drug-likeness (QED) is 0.506. The molecule has 146 valence electrons. The summed E-state index contributed by atoms with van der Waals surface area (Å²) in [6, 6.07) is 19.0. The van der Waals surface area contributed by atoms with Gasteiger partial charge < -0.3 is 9.47 Å². The number of carbonyl (C=O) groups excluding carboxylic acids is 2. The summed E-state index contributed by atoms with van der Waals surface area (Å²) < 4.78 is 11.0. The zero-order valence-corrected chi connectivity index (χ0v) is 16.6. The molecular weight excluding hydrogens is 376 g/mol. The molecule has 0 N–H and O–H groups in total. The molecule has 0 bridgehead atoms. The molecule has 30 heavy (non-hydrogen) atoms. The second kappa shape index (κ2) is 6.85. The van der Waals surface area contributed by atoms with Gasteiger partial charge in [0.1, 0.15) is 11.5 Å². The van der Waals surface area contributed by atoms with E-state index in [1.165, 1.54) is 0 Å². The Hall–Kier alpha value is -3.92. The Balaban J connectivity index is 1.68. The fourth-order valence-electron chi connectivity index (χ4n) is 3.84. The largest absolute Gasteiger partial charge is 0.422 e. The van der Waals surface area contributed by atoms with Crippen molar-refractivity contribution in [3.05, 3.63) is 99.4 Å². The summed E-state index contributed by atoms with van der Waals surface area (Å²) in [7, 11) is 0. The third kappa shape index (κ3) is 2.94. The minimum atomic E-state index is -0.415. The van der Waals surface area contributed by atoms with Crippen LogP contribution in [0, 0.1) is 13.8 Å².